The van der Waals surface area contributed by atoms with Crippen LogP contribution in [0.4, 0.5) is 13.2 Å². The summed E-state index contributed by atoms with van der Waals surface area (Å²) in [5, 5.41) is 12.0. The molecule has 1 rings (SSSR count). The third-order valence-corrected chi connectivity index (χ3v) is 2.86. The summed E-state index contributed by atoms with van der Waals surface area (Å²) in [6.45, 7) is 2.42. The lowest BCUT2D eigenvalue weighted by Crippen LogP contribution is -2.42. The fourth-order valence-electron chi connectivity index (χ4n) is 1.52. The van der Waals surface area contributed by atoms with Gasteiger partial charge in [0.05, 0.1) is 6.07 Å². The topological polar surface area (TPSA) is 35.8 Å². The highest BCUT2D eigenvalue weighted by atomic mass is 19.4. The van der Waals surface area contributed by atoms with Crippen molar-refractivity contribution < 1.29 is 13.2 Å². The fraction of sp³-hybridized carbons (Fsp3) is 0.909. The average Bonchev–Trinajstić information content (AvgIpc) is 2.96. The molecule has 0 amide bonds. The first-order chi connectivity index (χ1) is 7.35. The molecule has 92 valence electrons. The van der Waals surface area contributed by atoms with Crippen LogP contribution in [-0.4, -0.2) is 18.3 Å². The van der Waals surface area contributed by atoms with Crippen molar-refractivity contribution >= 4 is 0 Å². The van der Waals surface area contributed by atoms with E-state index in [0.717, 1.165) is 19.4 Å². The molecule has 0 saturated heterocycles. The van der Waals surface area contributed by atoms with Crippen LogP contribution in [0.15, 0.2) is 0 Å². The van der Waals surface area contributed by atoms with Gasteiger partial charge in [0.1, 0.15) is 5.54 Å². The number of alkyl halides is 3. The van der Waals surface area contributed by atoms with Crippen LogP contribution in [0.5, 0.6) is 0 Å². The van der Waals surface area contributed by atoms with Crippen molar-refractivity contribution in [2.45, 2.75) is 50.7 Å². The number of nitrogens with zero attached hydrogens (tertiary/aromatic N) is 1. The van der Waals surface area contributed by atoms with Crippen LogP contribution in [0.2, 0.25) is 0 Å². The predicted octanol–water partition coefficient (Wildman–Crippen LogP) is 3.00. The van der Waals surface area contributed by atoms with Crippen LogP contribution in [-0.2, 0) is 0 Å². The highest BCUT2D eigenvalue weighted by Gasteiger charge is 2.31. The normalized spacial score (nSPS) is 20.2. The second-order valence-electron chi connectivity index (χ2n) is 4.74. The number of rotatable bonds is 6. The maximum atomic E-state index is 12.0. The van der Waals surface area contributed by atoms with Gasteiger partial charge in [-0.2, -0.15) is 18.4 Å². The molecule has 0 aromatic heterocycles. The third kappa shape index (κ3) is 5.36. The molecule has 2 nitrogen and oxygen atoms in total. The molecular weight excluding hydrogens is 217 g/mol. The van der Waals surface area contributed by atoms with E-state index in [-0.39, 0.29) is 12.8 Å². The summed E-state index contributed by atoms with van der Waals surface area (Å²) in [6.07, 6.45) is -2.35. The Balaban J connectivity index is 2.25. The molecule has 1 N–H and O–H groups in total. The lowest BCUT2D eigenvalue weighted by atomic mass is 9.96. The van der Waals surface area contributed by atoms with Crippen molar-refractivity contribution in [1.82, 2.24) is 5.32 Å². The Bertz CT molecular complexity index is 265. The molecule has 0 bridgehead atoms. The summed E-state index contributed by atoms with van der Waals surface area (Å²) < 4.78 is 35.9. The summed E-state index contributed by atoms with van der Waals surface area (Å²) in [7, 11) is 0. The summed E-state index contributed by atoms with van der Waals surface area (Å²) >= 11 is 0. The molecule has 1 fully saturated rings. The summed E-state index contributed by atoms with van der Waals surface area (Å²) in [5.41, 5.74) is -0.812. The molecule has 1 atom stereocenters. The van der Waals surface area contributed by atoms with Gasteiger partial charge in [-0.05, 0) is 45.1 Å². The van der Waals surface area contributed by atoms with Gasteiger partial charge in [-0.25, -0.2) is 0 Å². The highest BCUT2D eigenvalue weighted by Crippen LogP contribution is 2.29. The van der Waals surface area contributed by atoms with Crippen molar-refractivity contribution in [3.8, 4) is 6.07 Å². The van der Waals surface area contributed by atoms with Crippen LogP contribution in [0, 0.1) is 17.2 Å². The van der Waals surface area contributed by atoms with Crippen LogP contribution in [0.25, 0.3) is 0 Å². The second-order valence-corrected chi connectivity index (χ2v) is 4.74. The Morgan fingerprint density at radius 1 is 1.31 bits per heavy atom. The van der Waals surface area contributed by atoms with E-state index in [4.69, 9.17) is 5.26 Å². The molecule has 0 aromatic rings. The van der Waals surface area contributed by atoms with E-state index in [0.29, 0.717) is 5.92 Å². The Morgan fingerprint density at radius 3 is 2.38 bits per heavy atom. The Labute approximate surface area is 93.8 Å². The summed E-state index contributed by atoms with van der Waals surface area (Å²) in [5.74, 6) is 0.621. The predicted molar refractivity (Wildman–Crippen MR) is 54.7 cm³/mol. The molecule has 1 aliphatic carbocycles. The number of hydrogen-bond donors (Lipinski definition) is 1. The van der Waals surface area contributed by atoms with Crippen LogP contribution >= 0.6 is 0 Å². The molecule has 1 aliphatic rings. The van der Waals surface area contributed by atoms with E-state index in [9.17, 15) is 13.2 Å². The Kier molecular flexibility index (Phi) is 4.20. The van der Waals surface area contributed by atoms with Crippen molar-refractivity contribution in [2.24, 2.45) is 5.92 Å². The zero-order valence-corrected chi connectivity index (χ0v) is 9.40. The van der Waals surface area contributed by atoms with Crippen molar-refractivity contribution in [1.29, 1.82) is 5.26 Å². The molecule has 1 saturated carbocycles. The van der Waals surface area contributed by atoms with Gasteiger partial charge in [0.2, 0.25) is 0 Å². The first kappa shape index (κ1) is 13.3. The summed E-state index contributed by atoms with van der Waals surface area (Å²) in [6, 6.07) is 2.07. The van der Waals surface area contributed by atoms with Gasteiger partial charge in [0.25, 0.3) is 0 Å². The molecule has 16 heavy (non-hydrogen) atoms. The number of hydrogen-bond acceptors (Lipinski definition) is 2. The molecule has 0 aromatic carbocycles. The van der Waals surface area contributed by atoms with Crippen LogP contribution in [0.1, 0.15) is 39.0 Å². The van der Waals surface area contributed by atoms with Crippen molar-refractivity contribution in [2.75, 3.05) is 6.54 Å². The molecule has 0 aliphatic heterocycles. The van der Waals surface area contributed by atoms with E-state index in [2.05, 4.69) is 11.4 Å². The number of halogens is 3. The van der Waals surface area contributed by atoms with Crippen LogP contribution < -0.4 is 5.32 Å². The maximum absolute atomic E-state index is 12.0. The molecular formula is C11H17F3N2. The van der Waals surface area contributed by atoms with E-state index in [1.165, 1.54) is 0 Å². The average molecular weight is 234 g/mol. The second kappa shape index (κ2) is 5.05. The van der Waals surface area contributed by atoms with Crippen LogP contribution in [0.3, 0.4) is 0 Å². The van der Waals surface area contributed by atoms with Gasteiger partial charge in [0, 0.05) is 6.42 Å². The molecule has 0 spiro atoms. The third-order valence-electron chi connectivity index (χ3n) is 2.86. The fourth-order valence-corrected chi connectivity index (χ4v) is 1.52. The molecule has 1 unspecified atom stereocenters. The zero-order valence-electron chi connectivity index (χ0n) is 9.40. The number of nitriles is 1. The van der Waals surface area contributed by atoms with Gasteiger partial charge in [0.15, 0.2) is 0 Å². The highest BCUT2D eigenvalue weighted by molar-refractivity contribution is 5.04. The number of nitrogens with one attached hydrogen (secondary N) is 1. The summed E-state index contributed by atoms with van der Waals surface area (Å²) in [4.78, 5) is 0. The monoisotopic (exact) mass is 234 g/mol. The molecule has 5 heteroatoms. The minimum atomic E-state index is -4.12. The minimum Gasteiger partial charge on any atom is -0.299 e. The van der Waals surface area contributed by atoms with E-state index >= 15 is 0 Å². The van der Waals surface area contributed by atoms with Gasteiger partial charge < -0.3 is 0 Å². The maximum Gasteiger partial charge on any atom is 0.389 e. The lowest BCUT2D eigenvalue weighted by Gasteiger charge is -2.23. The van der Waals surface area contributed by atoms with Gasteiger partial charge in [-0.3, -0.25) is 5.32 Å². The van der Waals surface area contributed by atoms with E-state index in [1.807, 2.05) is 0 Å². The minimum absolute atomic E-state index is 0.00519. The van der Waals surface area contributed by atoms with Crippen molar-refractivity contribution in [3.63, 3.8) is 0 Å². The molecule has 0 radical (unpaired) electrons. The van der Waals surface area contributed by atoms with E-state index < -0.39 is 18.1 Å². The van der Waals surface area contributed by atoms with Crippen molar-refractivity contribution in [3.05, 3.63) is 0 Å². The van der Waals surface area contributed by atoms with Gasteiger partial charge in [-0.1, -0.05) is 0 Å². The Morgan fingerprint density at radius 2 is 1.94 bits per heavy atom. The SMILES string of the molecule is CC(C#N)(CCCC(F)(F)F)NCC1CC1. The quantitative estimate of drug-likeness (QED) is 0.766. The van der Waals surface area contributed by atoms with Gasteiger partial charge in [-0.15, -0.1) is 0 Å². The largest absolute Gasteiger partial charge is 0.389 e. The first-order valence-electron chi connectivity index (χ1n) is 5.58. The zero-order chi connectivity index (χ0) is 12.2. The first-order valence-corrected chi connectivity index (χ1v) is 5.58. The molecule has 0 heterocycles. The van der Waals surface area contributed by atoms with Gasteiger partial charge >= 0.3 is 6.18 Å². The lowest BCUT2D eigenvalue weighted by molar-refractivity contribution is -0.136. The Hall–Kier alpha value is -0.760. The smallest absolute Gasteiger partial charge is 0.299 e. The standard InChI is InChI=1S/C11H17F3N2/c1-10(8-15,16-7-9-3-4-9)5-2-6-11(12,13)14/h9,16H,2-7H2,1H3. The van der Waals surface area contributed by atoms with E-state index in [1.54, 1.807) is 6.92 Å².